The summed E-state index contributed by atoms with van der Waals surface area (Å²) in [4.78, 5) is 35.1. The minimum Gasteiger partial charge on any atom is -0.481 e. The van der Waals surface area contributed by atoms with Gasteiger partial charge in [0, 0.05) is 30.2 Å². The molecule has 3 rings (SSSR count). The third-order valence-electron chi connectivity index (χ3n) is 4.44. The van der Waals surface area contributed by atoms with Crippen molar-refractivity contribution in [3.05, 3.63) is 69.4 Å². The normalized spacial score (nSPS) is 10.8. The van der Waals surface area contributed by atoms with Gasteiger partial charge in [-0.3, -0.25) is 14.4 Å². The van der Waals surface area contributed by atoms with E-state index in [1.54, 1.807) is 24.3 Å². The molecule has 6 nitrogen and oxygen atoms in total. The van der Waals surface area contributed by atoms with Gasteiger partial charge in [0.2, 0.25) is 0 Å². The zero-order chi connectivity index (χ0) is 20.3. The van der Waals surface area contributed by atoms with Crippen LogP contribution >= 0.6 is 0 Å². The highest BCUT2D eigenvalue weighted by Crippen LogP contribution is 2.25. The summed E-state index contributed by atoms with van der Waals surface area (Å²) in [6.45, 7) is 4.14. The van der Waals surface area contributed by atoms with E-state index in [4.69, 9.17) is 9.52 Å². The Balaban J connectivity index is 1.81. The lowest BCUT2D eigenvalue weighted by molar-refractivity contribution is -0.137. The van der Waals surface area contributed by atoms with Crippen molar-refractivity contribution in [1.29, 1.82) is 0 Å². The van der Waals surface area contributed by atoms with Gasteiger partial charge in [-0.05, 0) is 49.6 Å². The van der Waals surface area contributed by atoms with Crippen LogP contribution in [0.4, 0.5) is 0 Å². The van der Waals surface area contributed by atoms with Gasteiger partial charge >= 0.3 is 5.97 Å². The Kier molecular flexibility index (Phi) is 5.59. The zero-order valence-corrected chi connectivity index (χ0v) is 15.7. The minimum absolute atomic E-state index is 0.0131. The van der Waals surface area contributed by atoms with Gasteiger partial charge in [-0.15, -0.1) is 0 Å². The summed E-state index contributed by atoms with van der Waals surface area (Å²) in [7, 11) is 0. The predicted octanol–water partition coefficient (Wildman–Crippen LogP) is 3.67. The number of carboxylic acid groups (broad SMARTS) is 1. The number of rotatable bonds is 6. The maximum atomic E-state index is 12.5. The molecule has 0 fully saturated rings. The Morgan fingerprint density at radius 3 is 2.46 bits per heavy atom. The molecule has 1 heterocycles. The van der Waals surface area contributed by atoms with Crippen LogP contribution in [0.25, 0.3) is 22.3 Å². The van der Waals surface area contributed by atoms with E-state index in [0.29, 0.717) is 40.8 Å². The number of nitrogens with one attached hydrogen (secondary N) is 1. The highest BCUT2D eigenvalue weighted by molar-refractivity contribution is 5.94. The van der Waals surface area contributed by atoms with Crippen LogP contribution in [0, 0.1) is 13.8 Å². The number of amides is 1. The summed E-state index contributed by atoms with van der Waals surface area (Å²) in [5, 5.41) is 11.8. The maximum Gasteiger partial charge on any atom is 0.303 e. The first-order chi connectivity index (χ1) is 13.3. The second-order valence-electron chi connectivity index (χ2n) is 6.76. The number of hydrogen-bond acceptors (Lipinski definition) is 4. The summed E-state index contributed by atoms with van der Waals surface area (Å²) in [6, 6.07) is 12.0. The molecular weight excluding hydrogens is 358 g/mol. The maximum absolute atomic E-state index is 12.5. The van der Waals surface area contributed by atoms with Gasteiger partial charge in [0.15, 0.2) is 5.43 Å². The number of carbonyl (C=O) groups excluding carboxylic acids is 1. The van der Waals surface area contributed by atoms with Crippen LogP contribution in [-0.2, 0) is 4.79 Å². The molecule has 0 bridgehead atoms. The first kappa shape index (κ1) is 19.4. The highest BCUT2D eigenvalue weighted by Gasteiger charge is 2.11. The highest BCUT2D eigenvalue weighted by atomic mass is 16.4. The number of aryl methyl sites for hydroxylation is 2. The number of carboxylic acids is 1. The zero-order valence-electron chi connectivity index (χ0n) is 15.7. The van der Waals surface area contributed by atoms with Gasteiger partial charge < -0.3 is 14.8 Å². The van der Waals surface area contributed by atoms with Gasteiger partial charge in [0.05, 0.1) is 5.39 Å². The summed E-state index contributed by atoms with van der Waals surface area (Å²) in [6.07, 6.45) is 0.388. The SMILES string of the molecule is Cc1cc(C)c2oc(-c3ccc(C(=O)NCCCC(=O)O)cc3)cc(=O)c2c1. The molecule has 0 saturated carbocycles. The summed E-state index contributed by atoms with van der Waals surface area (Å²) in [5.41, 5.74) is 3.50. The third kappa shape index (κ3) is 4.28. The van der Waals surface area contributed by atoms with Crippen molar-refractivity contribution in [2.45, 2.75) is 26.7 Å². The molecular formula is C22H21NO5. The van der Waals surface area contributed by atoms with E-state index in [-0.39, 0.29) is 17.8 Å². The molecule has 144 valence electrons. The largest absolute Gasteiger partial charge is 0.481 e. The van der Waals surface area contributed by atoms with Gasteiger partial charge in [-0.25, -0.2) is 0 Å². The Labute approximate surface area is 161 Å². The molecule has 0 radical (unpaired) electrons. The van der Waals surface area contributed by atoms with E-state index in [1.165, 1.54) is 6.07 Å². The molecule has 0 spiro atoms. The monoisotopic (exact) mass is 379 g/mol. The van der Waals surface area contributed by atoms with Crippen LogP contribution in [0.15, 0.2) is 51.7 Å². The van der Waals surface area contributed by atoms with Crippen molar-refractivity contribution in [2.75, 3.05) is 6.54 Å². The number of carbonyl (C=O) groups is 2. The van der Waals surface area contributed by atoms with E-state index in [0.717, 1.165) is 11.1 Å². The van der Waals surface area contributed by atoms with Crippen molar-refractivity contribution in [3.8, 4) is 11.3 Å². The van der Waals surface area contributed by atoms with E-state index in [9.17, 15) is 14.4 Å². The van der Waals surface area contributed by atoms with Crippen molar-refractivity contribution in [3.63, 3.8) is 0 Å². The lowest BCUT2D eigenvalue weighted by atomic mass is 10.1. The molecule has 2 aromatic carbocycles. The summed E-state index contributed by atoms with van der Waals surface area (Å²) >= 11 is 0. The molecule has 0 aliphatic carbocycles. The number of benzene rings is 2. The molecule has 0 aliphatic heterocycles. The average molecular weight is 379 g/mol. The van der Waals surface area contributed by atoms with Crippen LogP contribution in [0.5, 0.6) is 0 Å². The smallest absolute Gasteiger partial charge is 0.303 e. The topological polar surface area (TPSA) is 96.6 Å². The Hall–Kier alpha value is -3.41. The molecule has 1 amide bonds. The molecule has 1 aromatic heterocycles. The molecule has 2 N–H and O–H groups in total. The van der Waals surface area contributed by atoms with Gasteiger partial charge in [-0.2, -0.15) is 0 Å². The number of aliphatic carboxylic acids is 1. The fourth-order valence-electron chi connectivity index (χ4n) is 3.08. The molecule has 0 unspecified atom stereocenters. The quantitative estimate of drug-likeness (QED) is 0.637. The molecule has 3 aromatic rings. The molecule has 0 aliphatic rings. The predicted molar refractivity (Wildman–Crippen MR) is 107 cm³/mol. The standard InChI is InChI=1S/C22H21NO5/c1-13-10-14(2)21-17(11-13)18(24)12-19(28-21)15-5-7-16(8-6-15)22(27)23-9-3-4-20(25)26/h5-8,10-12H,3-4,9H2,1-2H3,(H,23,27)(H,25,26). The van der Waals surface area contributed by atoms with Crippen molar-refractivity contribution in [1.82, 2.24) is 5.32 Å². The average Bonchev–Trinajstić information content (AvgIpc) is 2.65. The van der Waals surface area contributed by atoms with E-state index < -0.39 is 5.97 Å². The second kappa shape index (κ2) is 8.08. The first-order valence-corrected chi connectivity index (χ1v) is 9.00. The lowest BCUT2D eigenvalue weighted by Gasteiger charge is -2.08. The van der Waals surface area contributed by atoms with E-state index >= 15 is 0 Å². The van der Waals surface area contributed by atoms with Crippen LogP contribution in [0.2, 0.25) is 0 Å². The minimum atomic E-state index is -0.888. The summed E-state index contributed by atoms with van der Waals surface area (Å²) < 4.78 is 5.96. The van der Waals surface area contributed by atoms with E-state index in [2.05, 4.69) is 5.32 Å². The fraction of sp³-hybridized carbons (Fsp3) is 0.227. The number of hydrogen-bond donors (Lipinski definition) is 2. The summed E-state index contributed by atoms with van der Waals surface area (Å²) in [5.74, 6) is -0.720. The Bertz CT molecular complexity index is 1100. The van der Waals surface area contributed by atoms with Gasteiger partial charge in [0.25, 0.3) is 5.91 Å². The second-order valence-corrected chi connectivity index (χ2v) is 6.76. The number of fused-ring (bicyclic) bond motifs is 1. The van der Waals surface area contributed by atoms with Crippen LogP contribution < -0.4 is 10.7 Å². The fourth-order valence-corrected chi connectivity index (χ4v) is 3.08. The lowest BCUT2D eigenvalue weighted by Crippen LogP contribution is -2.24. The Morgan fingerprint density at radius 1 is 1.07 bits per heavy atom. The third-order valence-corrected chi connectivity index (χ3v) is 4.44. The first-order valence-electron chi connectivity index (χ1n) is 9.00. The van der Waals surface area contributed by atoms with Crippen LogP contribution in [0.1, 0.15) is 34.3 Å². The van der Waals surface area contributed by atoms with Gasteiger partial charge in [0.1, 0.15) is 11.3 Å². The molecule has 0 atom stereocenters. The Morgan fingerprint density at radius 2 is 1.79 bits per heavy atom. The van der Waals surface area contributed by atoms with Crippen molar-refractivity contribution < 1.29 is 19.1 Å². The molecule has 6 heteroatoms. The molecule has 0 saturated heterocycles. The van der Waals surface area contributed by atoms with E-state index in [1.807, 2.05) is 26.0 Å². The van der Waals surface area contributed by atoms with Crippen LogP contribution in [0.3, 0.4) is 0 Å². The van der Waals surface area contributed by atoms with Gasteiger partial charge in [-0.1, -0.05) is 18.2 Å². The van der Waals surface area contributed by atoms with Crippen molar-refractivity contribution in [2.24, 2.45) is 0 Å². The van der Waals surface area contributed by atoms with Crippen molar-refractivity contribution >= 4 is 22.8 Å². The van der Waals surface area contributed by atoms with Crippen LogP contribution in [-0.4, -0.2) is 23.5 Å². The molecule has 28 heavy (non-hydrogen) atoms.